The van der Waals surface area contributed by atoms with Crippen LogP contribution in [-0.2, 0) is 13.2 Å². The fraction of sp³-hybridized carbons (Fsp3) is 0.174. The standard InChI is InChI=1S/C23H22N4O2S/c1-17-25-19(16-30-17)15-29-22-11-7-6-10-21(22)23(28)26(2)13-18-12-24-27(14-18)20-8-4-3-5-9-20/h3-12,14,16H,13,15H2,1-2H3. The fourth-order valence-electron chi connectivity index (χ4n) is 3.11. The Balaban J connectivity index is 1.44. The molecule has 2 heterocycles. The minimum atomic E-state index is -0.104. The Morgan fingerprint density at radius 3 is 2.67 bits per heavy atom. The summed E-state index contributed by atoms with van der Waals surface area (Å²) in [5, 5.41) is 7.36. The molecule has 0 unspecified atom stereocenters. The quantitative estimate of drug-likeness (QED) is 0.444. The summed E-state index contributed by atoms with van der Waals surface area (Å²) in [6, 6.07) is 17.2. The first-order chi connectivity index (χ1) is 14.6. The maximum Gasteiger partial charge on any atom is 0.257 e. The van der Waals surface area contributed by atoms with Crippen LogP contribution in [0.15, 0.2) is 72.4 Å². The molecule has 2 aromatic carbocycles. The molecule has 0 fully saturated rings. The minimum Gasteiger partial charge on any atom is -0.486 e. The molecule has 0 radical (unpaired) electrons. The first-order valence-electron chi connectivity index (χ1n) is 9.57. The lowest BCUT2D eigenvalue weighted by molar-refractivity contribution is 0.0780. The number of nitrogens with zero attached hydrogens (tertiary/aromatic N) is 4. The van der Waals surface area contributed by atoms with E-state index in [0.29, 0.717) is 24.5 Å². The van der Waals surface area contributed by atoms with Gasteiger partial charge in [-0.15, -0.1) is 11.3 Å². The summed E-state index contributed by atoms with van der Waals surface area (Å²) in [5.41, 5.74) is 3.32. The van der Waals surface area contributed by atoms with Gasteiger partial charge >= 0.3 is 0 Å². The number of aromatic nitrogens is 3. The molecule has 0 N–H and O–H groups in total. The van der Waals surface area contributed by atoms with Crippen molar-refractivity contribution in [2.45, 2.75) is 20.1 Å². The van der Waals surface area contributed by atoms with Crippen molar-refractivity contribution in [2.75, 3.05) is 7.05 Å². The maximum absolute atomic E-state index is 13.1. The number of rotatable bonds is 7. The van der Waals surface area contributed by atoms with Gasteiger partial charge in [-0.25, -0.2) is 9.67 Å². The van der Waals surface area contributed by atoms with Crippen LogP contribution in [0.25, 0.3) is 5.69 Å². The molecule has 0 bridgehead atoms. The highest BCUT2D eigenvalue weighted by Gasteiger charge is 2.18. The van der Waals surface area contributed by atoms with E-state index in [1.54, 1.807) is 40.2 Å². The molecular formula is C23H22N4O2S. The van der Waals surface area contributed by atoms with E-state index in [9.17, 15) is 4.79 Å². The van der Waals surface area contributed by atoms with Gasteiger partial charge < -0.3 is 9.64 Å². The molecule has 0 spiro atoms. The van der Waals surface area contributed by atoms with E-state index in [2.05, 4.69) is 10.1 Å². The summed E-state index contributed by atoms with van der Waals surface area (Å²) in [6.45, 7) is 2.74. The van der Waals surface area contributed by atoms with Gasteiger partial charge in [0.1, 0.15) is 12.4 Å². The van der Waals surface area contributed by atoms with E-state index in [0.717, 1.165) is 22.0 Å². The number of amides is 1. The summed E-state index contributed by atoms with van der Waals surface area (Å²) in [6.07, 6.45) is 3.72. The molecule has 4 rings (SSSR count). The van der Waals surface area contributed by atoms with Crippen LogP contribution in [0, 0.1) is 6.92 Å². The minimum absolute atomic E-state index is 0.104. The zero-order valence-electron chi connectivity index (χ0n) is 16.9. The molecule has 0 atom stereocenters. The molecule has 0 aliphatic rings. The SMILES string of the molecule is Cc1nc(COc2ccccc2C(=O)N(C)Cc2cnn(-c3ccccc3)c2)cs1. The summed E-state index contributed by atoms with van der Waals surface area (Å²) in [5.74, 6) is 0.451. The second kappa shape index (κ2) is 8.92. The zero-order chi connectivity index (χ0) is 20.9. The van der Waals surface area contributed by atoms with Gasteiger partial charge in [0.15, 0.2) is 0 Å². The highest BCUT2D eigenvalue weighted by atomic mass is 32.1. The van der Waals surface area contributed by atoms with Crippen LogP contribution < -0.4 is 4.74 Å². The van der Waals surface area contributed by atoms with Crippen molar-refractivity contribution in [3.63, 3.8) is 0 Å². The molecule has 2 aromatic heterocycles. The van der Waals surface area contributed by atoms with Crippen LogP contribution in [0.5, 0.6) is 5.75 Å². The van der Waals surface area contributed by atoms with E-state index in [-0.39, 0.29) is 5.91 Å². The van der Waals surface area contributed by atoms with Crippen LogP contribution in [-0.4, -0.2) is 32.6 Å². The van der Waals surface area contributed by atoms with E-state index < -0.39 is 0 Å². The van der Waals surface area contributed by atoms with Gasteiger partial charge in [0.05, 0.1) is 28.1 Å². The van der Waals surface area contributed by atoms with Crippen LogP contribution in [0.1, 0.15) is 26.6 Å². The van der Waals surface area contributed by atoms with Crippen molar-refractivity contribution in [1.82, 2.24) is 19.7 Å². The maximum atomic E-state index is 13.1. The third-order valence-corrected chi connectivity index (χ3v) is 5.41. The average molecular weight is 419 g/mol. The second-order valence-electron chi connectivity index (χ2n) is 6.93. The summed E-state index contributed by atoms with van der Waals surface area (Å²) in [7, 11) is 1.78. The highest BCUT2D eigenvalue weighted by molar-refractivity contribution is 7.09. The molecule has 0 aliphatic carbocycles. The molecule has 0 saturated heterocycles. The Hall–Kier alpha value is -3.45. The first-order valence-corrected chi connectivity index (χ1v) is 10.5. The number of benzene rings is 2. The Kier molecular flexibility index (Phi) is 5.90. The number of carbonyl (C=O) groups excluding carboxylic acids is 1. The number of hydrogen-bond acceptors (Lipinski definition) is 5. The normalized spacial score (nSPS) is 10.7. The summed E-state index contributed by atoms with van der Waals surface area (Å²) in [4.78, 5) is 19.1. The lowest BCUT2D eigenvalue weighted by Crippen LogP contribution is -2.26. The first kappa shape index (κ1) is 19.8. The van der Waals surface area contributed by atoms with Crippen molar-refractivity contribution in [3.05, 3.63) is 94.2 Å². The molecule has 1 amide bonds. The predicted octanol–water partition coefficient (Wildman–Crippen LogP) is 4.49. The lowest BCUT2D eigenvalue weighted by Gasteiger charge is -2.18. The predicted molar refractivity (Wildman–Crippen MR) is 117 cm³/mol. The number of carbonyl (C=O) groups is 1. The molecular weight excluding hydrogens is 396 g/mol. The Morgan fingerprint density at radius 1 is 1.13 bits per heavy atom. The summed E-state index contributed by atoms with van der Waals surface area (Å²) < 4.78 is 7.71. The molecule has 152 valence electrons. The van der Waals surface area contributed by atoms with Gasteiger partial charge in [0.2, 0.25) is 0 Å². The van der Waals surface area contributed by atoms with Gasteiger partial charge in [0.25, 0.3) is 5.91 Å². The third-order valence-electron chi connectivity index (χ3n) is 4.58. The molecule has 7 heteroatoms. The van der Waals surface area contributed by atoms with Gasteiger partial charge in [-0.05, 0) is 31.2 Å². The van der Waals surface area contributed by atoms with Crippen molar-refractivity contribution < 1.29 is 9.53 Å². The monoisotopic (exact) mass is 418 g/mol. The zero-order valence-corrected chi connectivity index (χ0v) is 17.7. The van der Waals surface area contributed by atoms with Gasteiger partial charge in [-0.2, -0.15) is 5.10 Å². The molecule has 30 heavy (non-hydrogen) atoms. The van der Waals surface area contributed by atoms with Crippen LogP contribution in [0.3, 0.4) is 0 Å². The van der Waals surface area contributed by atoms with Gasteiger partial charge in [0, 0.05) is 30.7 Å². The third kappa shape index (κ3) is 4.58. The highest BCUT2D eigenvalue weighted by Crippen LogP contribution is 2.22. The second-order valence-corrected chi connectivity index (χ2v) is 7.99. The van der Waals surface area contributed by atoms with E-state index in [1.165, 1.54) is 0 Å². The molecule has 0 saturated carbocycles. The smallest absolute Gasteiger partial charge is 0.257 e. The largest absolute Gasteiger partial charge is 0.486 e. The Labute approximate surface area is 179 Å². The van der Waals surface area contributed by atoms with Crippen LogP contribution in [0.4, 0.5) is 0 Å². The number of hydrogen-bond donors (Lipinski definition) is 0. The van der Waals surface area contributed by atoms with E-state index in [1.807, 2.05) is 67.0 Å². The van der Waals surface area contributed by atoms with Crippen molar-refractivity contribution >= 4 is 17.2 Å². The van der Waals surface area contributed by atoms with Crippen LogP contribution >= 0.6 is 11.3 Å². The van der Waals surface area contributed by atoms with Crippen LogP contribution in [0.2, 0.25) is 0 Å². The van der Waals surface area contributed by atoms with Crippen molar-refractivity contribution in [3.8, 4) is 11.4 Å². The lowest BCUT2D eigenvalue weighted by atomic mass is 10.1. The number of aryl methyl sites for hydroxylation is 1. The fourth-order valence-corrected chi connectivity index (χ4v) is 3.71. The molecule has 4 aromatic rings. The molecule has 0 aliphatic heterocycles. The van der Waals surface area contributed by atoms with Gasteiger partial charge in [-0.3, -0.25) is 4.79 Å². The Morgan fingerprint density at radius 2 is 1.90 bits per heavy atom. The van der Waals surface area contributed by atoms with Crippen molar-refractivity contribution in [1.29, 1.82) is 0 Å². The number of thiazole rings is 1. The number of ether oxygens (including phenoxy) is 1. The van der Waals surface area contributed by atoms with Crippen molar-refractivity contribution in [2.24, 2.45) is 0 Å². The molecule has 6 nitrogen and oxygen atoms in total. The van der Waals surface area contributed by atoms with E-state index in [4.69, 9.17) is 4.74 Å². The van der Waals surface area contributed by atoms with E-state index >= 15 is 0 Å². The average Bonchev–Trinajstić information content (AvgIpc) is 3.41. The number of para-hydroxylation sites is 2. The van der Waals surface area contributed by atoms with Gasteiger partial charge in [-0.1, -0.05) is 30.3 Å². The summed E-state index contributed by atoms with van der Waals surface area (Å²) >= 11 is 1.58. The Bertz CT molecular complexity index is 1140. The topological polar surface area (TPSA) is 60.2 Å².